The number of rotatable bonds is 4. The first-order chi connectivity index (χ1) is 11.1. The highest BCUT2D eigenvalue weighted by atomic mass is 16.3. The standard InChI is InChI=1S/C16H16N4O3/c1-10-19-13-3-2-12(8-15(13)23-10)20-16(22)18-9-14(21)11-4-6-17-7-5-11/h2-8,14,21H,9H2,1H3,(H2,18,20,22). The summed E-state index contributed by atoms with van der Waals surface area (Å²) in [6.45, 7) is 1.86. The molecule has 118 valence electrons. The Morgan fingerprint density at radius 3 is 2.87 bits per heavy atom. The number of oxazole rings is 1. The molecule has 3 N–H and O–H groups in total. The highest BCUT2D eigenvalue weighted by molar-refractivity contribution is 5.91. The van der Waals surface area contributed by atoms with Gasteiger partial charge >= 0.3 is 6.03 Å². The topological polar surface area (TPSA) is 100 Å². The molecule has 2 amide bonds. The van der Waals surface area contributed by atoms with Crippen LogP contribution in [0.15, 0.2) is 47.1 Å². The van der Waals surface area contributed by atoms with Crippen LogP contribution in [0.25, 0.3) is 11.1 Å². The SMILES string of the molecule is Cc1nc2ccc(NC(=O)NCC(O)c3ccncc3)cc2o1. The van der Waals surface area contributed by atoms with Gasteiger partial charge in [-0.3, -0.25) is 4.98 Å². The summed E-state index contributed by atoms with van der Waals surface area (Å²) in [6, 6.07) is 8.20. The number of benzene rings is 1. The zero-order chi connectivity index (χ0) is 16.2. The lowest BCUT2D eigenvalue weighted by atomic mass is 10.1. The van der Waals surface area contributed by atoms with E-state index in [0.717, 1.165) is 5.52 Å². The van der Waals surface area contributed by atoms with E-state index in [1.807, 2.05) is 0 Å². The molecule has 0 radical (unpaired) electrons. The maximum absolute atomic E-state index is 11.9. The van der Waals surface area contributed by atoms with Crippen LogP contribution in [0.4, 0.5) is 10.5 Å². The average molecular weight is 312 g/mol. The molecule has 0 aliphatic rings. The van der Waals surface area contributed by atoms with Crippen molar-refractivity contribution in [2.24, 2.45) is 0 Å². The number of aromatic nitrogens is 2. The number of carbonyl (C=O) groups excluding carboxylic acids is 1. The molecule has 0 saturated heterocycles. The molecular weight excluding hydrogens is 296 g/mol. The highest BCUT2D eigenvalue weighted by Crippen LogP contribution is 2.19. The van der Waals surface area contributed by atoms with Gasteiger partial charge in [0.05, 0.1) is 6.10 Å². The molecule has 1 atom stereocenters. The van der Waals surface area contributed by atoms with Gasteiger partial charge in [-0.25, -0.2) is 9.78 Å². The number of nitrogens with one attached hydrogen (secondary N) is 2. The van der Waals surface area contributed by atoms with Crippen molar-refractivity contribution in [2.75, 3.05) is 11.9 Å². The Morgan fingerprint density at radius 2 is 2.09 bits per heavy atom. The summed E-state index contributed by atoms with van der Waals surface area (Å²) >= 11 is 0. The smallest absolute Gasteiger partial charge is 0.319 e. The minimum absolute atomic E-state index is 0.0967. The Balaban J connectivity index is 1.58. The number of hydrogen-bond donors (Lipinski definition) is 3. The molecule has 2 aromatic heterocycles. The van der Waals surface area contributed by atoms with Crippen LogP contribution in [0.3, 0.4) is 0 Å². The number of pyridine rings is 1. The number of aliphatic hydroxyl groups excluding tert-OH is 1. The van der Waals surface area contributed by atoms with Crippen LogP contribution in [-0.4, -0.2) is 27.7 Å². The van der Waals surface area contributed by atoms with Crippen molar-refractivity contribution in [1.82, 2.24) is 15.3 Å². The second-order valence-electron chi connectivity index (χ2n) is 5.05. The molecule has 0 bridgehead atoms. The number of aliphatic hydroxyl groups is 1. The zero-order valence-corrected chi connectivity index (χ0v) is 12.5. The first-order valence-electron chi connectivity index (χ1n) is 7.12. The van der Waals surface area contributed by atoms with E-state index in [0.29, 0.717) is 22.7 Å². The number of amides is 2. The van der Waals surface area contributed by atoms with Crippen LogP contribution >= 0.6 is 0 Å². The molecule has 3 rings (SSSR count). The molecular formula is C16H16N4O3. The molecule has 1 unspecified atom stereocenters. The van der Waals surface area contributed by atoms with Gasteiger partial charge in [0.2, 0.25) is 0 Å². The maximum Gasteiger partial charge on any atom is 0.319 e. The number of nitrogens with zero attached hydrogens (tertiary/aromatic N) is 2. The number of anilines is 1. The summed E-state index contributed by atoms with van der Waals surface area (Å²) in [4.78, 5) is 20.0. The number of hydrogen-bond acceptors (Lipinski definition) is 5. The van der Waals surface area contributed by atoms with Crippen molar-refractivity contribution < 1.29 is 14.3 Å². The Bertz CT molecular complexity index is 817. The maximum atomic E-state index is 11.9. The van der Waals surface area contributed by atoms with Crippen LogP contribution in [-0.2, 0) is 0 Å². The van der Waals surface area contributed by atoms with Crippen molar-refractivity contribution in [3.8, 4) is 0 Å². The summed E-state index contributed by atoms with van der Waals surface area (Å²) in [6.07, 6.45) is 2.39. The summed E-state index contributed by atoms with van der Waals surface area (Å²) in [5.74, 6) is 0.571. The van der Waals surface area contributed by atoms with Gasteiger partial charge in [-0.05, 0) is 29.8 Å². The van der Waals surface area contributed by atoms with Crippen molar-refractivity contribution >= 4 is 22.8 Å². The van der Waals surface area contributed by atoms with Gasteiger partial charge in [0, 0.05) is 37.6 Å². The van der Waals surface area contributed by atoms with Crippen molar-refractivity contribution in [3.63, 3.8) is 0 Å². The van der Waals surface area contributed by atoms with E-state index in [4.69, 9.17) is 4.42 Å². The van der Waals surface area contributed by atoms with Gasteiger partial charge in [0.15, 0.2) is 11.5 Å². The summed E-state index contributed by atoms with van der Waals surface area (Å²) in [5.41, 5.74) is 2.63. The van der Waals surface area contributed by atoms with E-state index < -0.39 is 12.1 Å². The molecule has 0 saturated carbocycles. The Labute approximate surface area is 132 Å². The predicted octanol–water partition coefficient (Wildman–Crippen LogP) is 2.39. The number of fused-ring (bicyclic) bond motifs is 1. The van der Waals surface area contributed by atoms with E-state index in [2.05, 4.69) is 20.6 Å². The second kappa shape index (κ2) is 6.45. The number of urea groups is 1. The lowest BCUT2D eigenvalue weighted by molar-refractivity contribution is 0.175. The normalized spacial score (nSPS) is 12.1. The van der Waals surface area contributed by atoms with Gasteiger partial charge < -0.3 is 20.2 Å². The summed E-state index contributed by atoms with van der Waals surface area (Å²) in [7, 11) is 0. The van der Waals surface area contributed by atoms with Crippen molar-refractivity contribution in [2.45, 2.75) is 13.0 Å². The van der Waals surface area contributed by atoms with Gasteiger partial charge in [-0.2, -0.15) is 0 Å². The van der Waals surface area contributed by atoms with Gasteiger partial charge in [-0.15, -0.1) is 0 Å². The predicted molar refractivity (Wildman–Crippen MR) is 85.0 cm³/mol. The molecule has 0 aliphatic carbocycles. The lowest BCUT2D eigenvalue weighted by Crippen LogP contribution is -2.32. The molecule has 23 heavy (non-hydrogen) atoms. The lowest BCUT2D eigenvalue weighted by Gasteiger charge is -2.12. The highest BCUT2D eigenvalue weighted by Gasteiger charge is 2.10. The Morgan fingerprint density at radius 1 is 1.30 bits per heavy atom. The fourth-order valence-corrected chi connectivity index (χ4v) is 2.19. The fourth-order valence-electron chi connectivity index (χ4n) is 2.19. The minimum Gasteiger partial charge on any atom is -0.441 e. The minimum atomic E-state index is -0.789. The van der Waals surface area contributed by atoms with E-state index in [1.165, 1.54) is 0 Å². The zero-order valence-electron chi connectivity index (χ0n) is 12.5. The molecule has 0 aliphatic heterocycles. The van der Waals surface area contributed by atoms with E-state index in [1.54, 1.807) is 49.6 Å². The first kappa shape index (κ1) is 15.0. The number of carbonyl (C=O) groups is 1. The molecule has 3 aromatic rings. The third kappa shape index (κ3) is 3.64. The Hall–Kier alpha value is -2.93. The largest absolute Gasteiger partial charge is 0.441 e. The second-order valence-corrected chi connectivity index (χ2v) is 5.05. The molecule has 1 aromatic carbocycles. The van der Waals surface area contributed by atoms with Crippen LogP contribution in [0, 0.1) is 6.92 Å². The molecule has 0 fully saturated rings. The van der Waals surface area contributed by atoms with E-state index in [-0.39, 0.29) is 6.54 Å². The molecule has 2 heterocycles. The fraction of sp³-hybridized carbons (Fsp3) is 0.188. The van der Waals surface area contributed by atoms with Crippen molar-refractivity contribution in [3.05, 3.63) is 54.2 Å². The first-order valence-corrected chi connectivity index (χ1v) is 7.12. The third-order valence-corrected chi connectivity index (χ3v) is 3.30. The molecule has 0 spiro atoms. The van der Waals surface area contributed by atoms with Crippen molar-refractivity contribution in [1.29, 1.82) is 0 Å². The monoisotopic (exact) mass is 312 g/mol. The van der Waals surface area contributed by atoms with Crippen LogP contribution < -0.4 is 10.6 Å². The van der Waals surface area contributed by atoms with Gasteiger partial charge in [-0.1, -0.05) is 0 Å². The summed E-state index contributed by atoms with van der Waals surface area (Å²) in [5, 5.41) is 15.3. The van der Waals surface area contributed by atoms with Crippen LogP contribution in [0.2, 0.25) is 0 Å². The van der Waals surface area contributed by atoms with E-state index in [9.17, 15) is 9.90 Å². The van der Waals surface area contributed by atoms with Gasteiger partial charge in [0.25, 0.3) is 0 Å². The number of aryl methyl sites for hydroxylation is 1. The van der Waals surface area contributed by atoms with Gasteiger partial charge in [0.1, 0.15) is 5.52 Å². The van der Waals surface area contributed by atoms with E-state index >= 15 is 0 Å². The third-order valence-electron chi connectivity index (χ3n) is 3.30. The van der Waals surface area contributed by atoms with Crippen LogP contribution in [0.1, 0.15) is 17.6 Å². The average Bonchev–Trinajstić information content (AvgIpc) is 2.92. The molecule has 7 heteroatoms. The van der Waals surface area contributed by atoms with Crippen LogP contribution in [0.5, 0.6) is 0 Å². The Kier molecular flexibility index (Phi) is 4.20. The quantitative estimate of drug-likeness (QED) is 0.687. The molecule has 7 nitrogen and oxygen atoms in total. The summed E-state index contributed by atoms with van der Waals surface area (Å²) < 4.78 is 5.42.